The summed E-state index contributed by atoms with van der Waals surface area (Å²) in [4.78, 5) is 20.1. The summed E-state index contributed by atoms with van der Waals surface area (Å²) in [5.41, 5.74) is 1.91. The first kappa shape index (κ1) is 15.3. The van der Waals surface area contributed by atoms with Gasteiger partial charge in [0.1, 0.15) is 5.69 Å². The molecule has 0 aromatic heterocycles. The Morgan fingerprint density at radius 1 is 1.25 bits per heavy atom. The summed E-state index contributed by atoms with van der Waals surface area (Å²) < 4.78 is 0. The molecule has 0 amide bonds. The van der Waals surface area contributed by atoms with Crippen LogP contribution in [0.15, 0.2) is 35.5 Å². The summed E-state index contributed by atoms with van der Waals surface area (Å²) in [5.74, 6) is 0. The molecule has 106 valence electrons. The first-order valence-electron chi connectivity index (χ1n) is 5.87. The Kier molecular flexibility index (Phi) is 5.82. The molecular weight excluding hydrogens is 264 g/mol. The summed E-state index contributed by atoms with van der Waals surface area (Å²) in [6.45, 7) is 1.91. The van der Waals surface area contributed by atoms with Crippen molar-refractivity contribution in [3.63, 3.8) is 0 Å². The van der Waals surface area contributed by atoms with Gasteiger partial charge in [-0.15, -0.1) is 0 Å². The minimum Gasteiger partial charge on any atom is -0.272 e. The van der Waals surface area contributed by atoms with Crippen LogP contribution in [0.25, 0.3) is 0 Å². The lowest BCUT2D eigenvalue weighted by Gasteiger charge is -2.01. The van der Waals surface area contributed by atoms with Crippen LogP contribution in [-0.4, -0.2) is 16.1 Å². The fourth-order valence-corrected chi connectivity index (χ4v) is 1.40. The zero-order chi connectivity index (χ0) is 15.0. The van der Waals surface area contributed by atoms with E-state index in [0.717, 1.165) is 12.5 Å². The van der Waals surface area contributed by atoms with Crippen LogP contribution in [0.2, 0.25) is 0 Å². The van der Waals surface area contributed by atoms with E-state index < -0.39 is 9.85 Å². The number of hydrogen-bond acceptors (Lipinski definition) is 6. The van der Waals surface area contributed by atoms with Crippen molar-refractivity contribution in [2.24, 2.45) is 5.10 Å². The number of nitro groups is 2. The molecule has 0 spiro atoms. The minimum absolute atomic E-state index is 0.114. The zero-order valence-corrected chi connectivity index (χ0v) is 10.9. The molecule has 0 aliphatic heterocycles. The molecule has 0 atom stereocenters. The number of nitro benzene ring substituents is 2. The number of rotatable bonds is 7. The van der Waals surface area contributed by atoms with Gasteiger partial charge in [0.2, 0.25) is 0 Å². The van der Waals surface area contributed by atoms with Crippen LogP contribution in [0.4, 0.5) is 17.1 Å². The topological polar surface area (TPSA) is 111 Å². The maximum absolute atomic E-state index is 10.9. The molecule has 8 heteroatoms. The number of non-ortho nitro benzene ring substituents is 1. The molecule has 0 aliphatic carbocycles. The van der Waals surface area contributed by atoms with E-state index in [2.05, 4.69) is 10.5 Å². The van der Waals surface area contributed by atoms with Crippen molar-refractivity contribution in [3.05, 3.63) is 50.6 Å². The van der Waals surface area contributed by atoms with Crippen LogP contribution in [0, 0.1) is 20.2 Å². The lowest BCUT2D eigenvalue weighted by molar-refractivity contribution is -0.393. The monoisotopic (exact) mass is 278 g/mol. The first-order valence-corrected chi connectivity index (χ1v) is 5.87. The first-order chi connectivity index (χ1) is 9.56. The maximum Gasteiger partial charge on any atom is 0.301 e. The van der Waals surface area contributed by atoms with Crippen molar-refractivity contribution >= 4 is 23.3 Å². The van der Waals surface area contributed by atoms with Gasteiger partial charge in [-0.2, -0.15) is 5.10 Å². The van der Waals surface area contributed by atoms with E-state index in [9.17, 15) is 20.2 Å². The highest BCUT2D eigenvalue weighted by Crippen LogP contribution is 2.28. The van der Waals surface area contributed by atoms with Crippen LogP contribution in [-0.2, 0) is 0 Å². The lowest BCUT2D eigenvalue weighted by Crippen LogP contribution is -1.98. The Bertz CT molecular complexity index is 554. The summed E-state index contributed by atoms with van der Waals surface area (Å²) in [5, 5.41) is 25.3. The van der Waals surface area contributed by atoms with Gasteiger partial charge in [-0.25, -0.2) is 0 Å². The van der Waals surface area contributed by atoms with E-state index in [0.29, 0.717) is 6.42 Å². The van der Waals surface area contributed by atoms with Crippen LogP contribution in [0.5, 0.6) is 0 Å². The quantitative estimate of drug-likeness (QED) is 0.270. The van der Waals surface area contributed by atoms with Gasteiger partial charge in [0.25, 0.3) is 5.69 Å². The highest BCUT2D eigenvalue weighted by atomic mass is 16.6. The lowest BCUT2D eigenvalue weighted by atomic mass is 10.2. The molecule has 1 rings (SSSR count). The number of nitrogens with zero attached hydrogens (tertiary/aromatic N) is 3. The molecule has 0 fully saturated rings. The van der Waals surface area contributed by atoms with Gasteiger partial charge >= 0.3 is 5.69 Å². The molecule has 0 unspecified atom stereocenters. The second kappa shape index (κ2) is 7.62. The molecule has 0 saturated carbocycles. The molecular formula is C12H14N4O4. The SMILES string of the molecule is C/C=C/CC/C=N/Nc1ccc([N+](=O)[O-])cc1[N+](=O)[O-]. The van der Waals surface area contributed by atoms with E-state index in [-0.39, 0.29) is 17.1 Å². The predicted molar refractivity (Wildman–Crippen MR) is 75.9 cm³/mol. The number of hydrogen-bond donors (Lipinski definition) is 1. The summed E-state index contributed by atoms with van der Waals surface area (Å²) in [6, 6.07) is 3.35. The van der Waals surface area contributed by atoms with Gasteiger partial charge in [0.05, 0.1) is 15.9 Å². The summed E-state index contributed by atoms with van der Waals surface area (Å²) >= 11 is 0. The largest absolute Gasteiger partial charge is 0.301 e. The zero-order valence-electron chi connectivity index (χ0n) is 10.9. The minimum atomic E-state index is -0.690. The maximum atomic E-state index is 10.9. The fraction of sp³-hybridized carbons (Fsp3) is 0.250. The third-order valence-electron chi connectivity index (χ3n) is 2.36. The summed E-state index contributed by atoms with van der Waals surface area (Å²) in [7, 11) is 0. The highest BCUT2D eigenvalue weighted by Gasteiger charge is 2.18. The van der Waals surface area contributed by atoms with Crippen LogP contribution in [0.1, 0.15) is 19.8 Å². The fourth-order valence-electron chi connectivity index (χ4n) is 1.40. The van der Waals surface area contributed by atoms with Gasteiger partial charge < -0.3 is 0 Å². The van der Waals surface area contributed by atoms with Gasteiger partial charge in [0, 0.05) is 12.3 Å². The molecule has 0 aliphatic rings. The van der Waals surface area contributed by atoms with E-state index in [4.69, 9.17) is 0 Å². The van der Waals surface area contributed by atoms with Crippen LogP contribution in [0.3, 0.4) is 0 Å². The highest BCUT2D eigenvalue weighted by molar-refractivity contribution is 5.67. The van der Waals surface area contributed by atoms with Gasteiger partial charge in [0.15, 0.2) is 0 Å². The summed E-state index contributed by atoms with van der Waals surface area (Å²) in [6.07, 6.45) is 7.00. The van der Waals surface area contributed by atoms with E-state index in [1.807, 2.05) is 19.1 Å². The molecule has 1 N–H and O–H groups in total. The van der Waals surface area contributed by atoms with Crippen LogP contribution >= 0.6 is 0 Å². The second-order valence-electron chi connectivity index (χ2n) is 3.79. The van der Waals surface area contributed by atoms with E-state index in [1.54, 1.807) is 6.21 Å². The second-order valence-corrected chi connectivity index (χ2v) is 3.79. The van der Waals surface area contributed by atoms with Crippen molar-refractivity contribution in [1.29, 1.82) is 0 Å². The number of allylic oxidation sites excluding steroid dienone is 2. The van der Waals surface area contributed by atoms with Crippen molar-refractivity contribution in [2.75, 3.05) is 5.43 Å². The molecule has 1 aromatic carbocycles. The van der Waals surface area contributed by atoms with Crippen molar-refractivity contribution < 1.29 is 9.85 Å². The van der Waals surface area contributed by atoms with E-state index in [1.165, 1.54) is 12.1 Å². The molecule has 0 saturated heterocycles. The number of benzene rings is 1. The standard InChI is InChI=1S/C12H14N4O4/c1-2-3-4-5-8-13-14-11-7-6-10(15(17)18)9-12(11)16(19)20/h2-3,6-9,14H,4-5H2,1H3/b3-2+,13-8+. The number of nitrogens with one attached hydrogen (secondary N) is 1. The number of anilines is 1. The molecule has 8 nitrogen and oxygen atoms in total. The Morgan fingerprint density at radius 3 is 2.60 bits per heavy atom. The molecule has 0 radical (unpaired) electrons. The molecule has 0 heterocycles. The number of hydrazone groups is 1. The Balaban J connectivity index is 2.79. The Hall–Kier alpha value is -2.77. The van der Waals surface area contributed by atoms with Crippen molar-refractivity contribution in [2.45, 2.75) is 19.8 Å². The molecule has 0 bridgehead atoms. The third kappa shape index (κ3) is 4.48. The average Bonchev–Trinajstić information content (AvgIpc) is 2.42. The number of unbranched alkanes of at least 4 members (excludes halogenated alkanes) is 1. The third-order valence-corrected chi connectivity index (χ3v) is 2.36. The predicted octanol–water partition coefficient (Wildman–Crippen LogP) is 3.26. The van der Waals surface area contributed by atoms with Crippen molar-refractivity contribution in [1.82, 2.24) is 0 Å². The van der Waals surface area contributed by atoms with Gasteiger partial charge in [-0.3, -0.25) is 25.7 Å². The Labute approximate surface area is 115 Å². The molecule has 20 heavy (non-hydrogen) atoms. The Morgan fingerprint density at radius 2 is 2.00 bits per heavy atom. The molecule has 1 aromatic rings. The smallest absolute Gasteiger partial charge is 0.272 e. The van der Waals surface area contributed by atoms with Gasteiger partial charge in [-0.1, -0.05) is 12.2 Å². The van der Waals surface area contributed by atoms with Crippen molar-refractivity contribution in [3.8, 4) is 0 Å². The van der Waals surface area contributed by atoms with Gasteiger partial charge in [-0.05, 0) is 25.8 Å². The average molecular weight is 278 g/mol. The van der Waals surface area contributed by atoms with E-state index >= 15 is 0 Å². The van der Waals surface area contributed by atoms with Crippen LogP contribution < -0.4 is 5.43 Å². The normalized spacial score (nSPS) is 11.1.